The van der Waals surface area contributed by atoms with Gasteiger partial charge in [-0.2, -0.15) is 5.10 Å². The molecule has 3 N–H and O–H groups in total. The number of carbonyl (C=O) groups excluding carboxylic acids is 2. The molecule has 2 aromatic carbocycles. The monoisotopic (exact) mass is 414 g/mol. The Morgan fingerprint density at radius 2 is 1.71 bits per heavy atom. The van der Waals surface area contributed by atoms with Crippen LogP contribution in [0.25, 0.3) is 10.2 Å². The summed E-state index contributed by atoms with van der Waals surface area (Å²) >= 11 is 7.03. The van der Waals surface area contributed by atoms with Crippen molar-refractivity contribution >= 4 is 56.5 Å². The first kappa shape index (κ1) is 18.1. The number of anilines is 2. The van der Waals surface area contributed by atoms with E-state index in [0.717, 1.165) is 0 Å². The van der Waals surface area contributed by atoms with Crippen LogP contribution < -0.4 is 10.6 Å². The minimum Gasteiger partial charge on any atom is -0.321 e. The van der Waals surface area contributed by atoms with Gasteiger partial charge in [-0.05, 0) is 54.6 Å². The molecule has 0 spiro atoms. The normalized spacial score (nSPS) is 10.8. The van der Waals surface area contributed by atoms with Gasteiger partial charge in [0, 0.05) is 16.3 Å². The molecule has 0 aliphatic carbocycles. The fourth-order valence-electron chi connectivity index (χ4n) is 2.53. The second kappa shape index (κ2) is 7.41. The van der Waals surface area contributed by atoms with Crippen molar-refractivity contribution < 1.29 is 14.0 Å². The van der Waals surface area contributed by atoms with Gasteiger partial charge in [-0.1, -0.05) is 11.6 Å². The number of fused-ring (bicyclic) bond motifs is 1. The number of amides is 2. The predicted octanol–water partition coefficient (Wildman–Crippen LogP) is 4.92. The van der Waals surface area contributed by atoms with Crippen LogP contribution in [-0.4, -0.2) is 22.0 Å². The molecule has 0 atom stereocenters. The predicted molar refractivity (Wildman–Crippen MR) is 108 cm³/mol. The van der Waals surface area contributed by atoms with Crippen molar-refractivity contribution in [2.75, 3.05) is 10.6 Å². The molecule has 0 radical (unpaired) electrons. The quantitative estimate of drug-likeness (QED) is 0.443. The van der Waals surface area contributed by atoms with Gasteiger partial charge in [0.15, 0.2) is 0 Å². The molecule has 0 fully saturated rings. The second-order valence-electron chi connectivity index (χ2n) is 5.85. The molecule has 28 heavy (non-hydrogen) atoms. The lowest BCUT2D eigenvalue weighted by molar-refractivity contribution is 0.102. The van der Waals surface area contributed by atoms with E-state index in [4.69, 9.17) is 11.6 Å². The van der Waals surface area contributed by atoms with Crippen LogP contribution in [0.5, 0.6) is 0 Å². The topological polar surface area (TPSA) is 86.9 Å². The van der Waals surface area contributed by atoms with Crippen LogP contribution >= 0.6 is 22.9 Å². The van der Waals surface area contributed by atoms with Crippen LogP contribution in [0.3, 0.4) is 0 Å². The Kier molecular flexibility index (Phi) is 4.81. The van der Waals surface area contributed by atoms with Crippen LogP contribution in [0.1, 0.15) is 20.0 Å². The number of aromatic nitrogens is 2. The molecule has 6 nitrogen and oxygen atoms in total. The zero-order valence-corrected chi connectivity index (χ0v) is 15.7. The van der Waals surface area contributed by atoms with Gasteiger partial charge in [0.1, 0.15) is 16.5 Å². The summed E-state index contributed by atoms with van der Waals surface area (Å²) in [5, 5.41) is 13.5. The smallest absolute Gasteiger partial charge is 0.265 e. The molecular weight excluding hydrogens is 403 g/mol. The number of hydrogen-bond donors (Lipinski definition) is 3. The van der Waals surface area contributed by atoms with Gasteiger partial charge in [0.25, 0.3) is 11.8 Å². The van der Waals surface area contributed by atoms with Crippen molar-refractivity contribution in [3.8, 4) is 0 Å². The minimum absolute atomic E-state index is 0.291. The van der Waals surface area contributed by atoms with Crippen molar-refractivity contribution in [3.63, 3.8) is 0 Å². The van der Waals surface area contributed by atoms with E-state index in [2.05, 4.69) is 20.8 Å². The highest BCUT2D eigenvalue weighted by molar-refractivity contribution is 7.20. The number of nitrogens with one attached hydrogen (secondary N) is 3. The van der Waals surface area contributed by atoms with Crippen molar-refractivity contribution in [3.05, 3.63) is 75.9 Å². The van der Waals surface area contributed by atoms with Gasteiger partial charge < -0.3 is 10.6 Å². The zero-order chi connectivity index (χ0) is 19.7. The van der Waals surface area contributed by atoms with Crippen molar-refractivity contribution in [2.24, 2.45) is 0 Å². The summed E-state index contributed by atoms with van der Waals surface area (Å²) in [6, 6.07) is 13.6. The number of H-pyrrole nitrogens is 1. The lowest BCUT2D eigenvalue weighted by atomic mass is 10.2. The van der Waals surface area contributed by atoms with Crippen molar-refractivity contribution in [1.82, 2.24) is 10.2 Å². The number of carbonyl (C=O) groups is 2. The van der Waals surface area contributed by atoms with Gasteiger partial charge in [0.05, 0.1) is 10.3 Å². The SMILES string of the molecule is O=C(Nc1[nH]nc2sc(C(=O)Nc3ccc(Cl)cc3)cc12)c1ccc(F)cc1. The molecular formula is C19H12ClFN4O2S. The Morgan fingerprint density at radius 1 is 1.00 bits per heavy atom. The third-order valence-corrected chi connectivity index (χ3v) is 5.20. The summed E-state index contributed by atoms with van der Waals surface area (Å²) in [7, 11) is 0. The van der Waals surface area contributed by atoms with Gasteiger partial charge in [0.2, 0.25) is 0 Å². The molecule has 0 saturated carbocycles. The van der Waals surface area contributed by atoms with E-state index in [1.807, 2.05) is 0 Å². The number of rotatable bonds is 4. The number of thiophene rings is 1. The Bertz CT molecular complexity index is 1170. The maximum absolute atomic E-state index is 13.0. The summed E-state index contributed by atoms with van der Waals surface area (Å²) < 4.78 is 13.0. The van der Waals surface area contributed by atoms with Gasteiger partial charge in [-0.3, -0.25) is 14.7 Å². The standard InChI is InChI=1S/C19H12ClFN4O2S/c20-11-3-7-13(8-4-11)22-18(27)15-9-14-16(24-25-19(14)28-15)23-17(26)10-1-5-12(21)6-2-10/h1-9H,(H,22,27)(H2,23,24,25,26). The zero-order valence-electron chi connectivity index (χ0n) is 14.1. The third kappa shape index (κ3) is 3.73. The largest absolute Gasteiger partial charge is 0.321 e. The van der Waals surface area contributed by atoms with E-state index in [1.165, 1.54) is 35.6 Å². The first-order valence-electron chi connectivity index (χ1n) is 8.11. The summed E-state index contributed by atoms with van der Waals surface area (Å²) in [4.78, 5) is 25.8. The van der Waals surface area contributed by atoms with Crippen molar-refractivity contribution in [1.29, 1.82) is 0 Å². The highest BCUT2D eigenvalue weighted by Gasteiger charge is 2.17. The molecule has 0 bridgehead atoms. The molecule has 140 valence electrons. The molecule has 4 rings (SSSR count). The molecule has 4 aromatic rings. The second-order valence-corrected chi connectivity index (χ2v) is 7.32. The Balaban J connectivity index is 1.53. The average Bonchev–Trinajstić information content (AvgIpc) is 3.26. The molecule has 0 saturated heterocycles. The summed E-state index contributed by atoms with van der Waals surface area (Å²) in [6.45, 7) is 0. The van der Waals surface area contributed by atoms with Crippen molar-refractivity contribution in [2.45, 2.75) is 0 Å². The molecule has 2 aromatic heterocycles. The maximum Gasteiger partial charge on any atom is 0.265 e. The number of benzene rings is 2. The van der Waals surface area contributed by atoms with E-state index in [9.17, 15) is 14.0 Å². The molecule has 0 aliphatic heterocycles. The van der Waals surface area contributed by atoms with Crippen LogP contribution in [-0.2, 0) is 0 Å². The van der Waals surface area contributed by atoms with E-state index in [0.29, 0.717) is 37.2 Å². The number of halogens is 2. The minimum atomic E-state index is -0.422. The van der Waals surface area contributed by atoms with Crippen LogP contribution in [0, 0.1) is 5.82 Å². The first-order valence-corrected chi connectivity index (χ1v) is 9.31. The summed E-state index contributed by atoms with van der Waals surface area (Å²) in [5.74, 6) is -0.758. The van der Waals surface area contributed by atoms with Gasteiger partial charge in [-0.25, -0.2) is 4.39 Å². The first-order chi connectivity index (χ1) is 13.5. The van der Waals surface area contributed by atoms with E-state index in [-0.39, 0.29) is 5.91 Å². The fraction of sp³-hybridized carbons (Fsp3) is 0. The van der Waals surface area contributed by atoms with Crippen LogP contribution in [0.2, 0.25) is 5.02 Å². The van der Waals surface area contributed by atoms with Crippen LogP contribution in [0.4, 0.5) is 15.9 Å². The molecule has 0 unspecified atom stereocenters. The molecule has 2 heterocycles. The average molecular weight is 415 g/mol. The molecule has 2 amide bonds. The Hall–Kier alpha value is -3.23. The van der Waals surface area contributed by atoms with E-state index in [1.54, 1.807) is 30.3 Å². The lowest BCUT2D eigenvalue weighted by Crippen LogP contribution is -2.12. The third-order valence-electron chi connectivity index (χ3n) is 3.92. The van der Waals surface area contributed by atoms with Gasteiger partial charge in [-0.15, -0.1) is 11.3 Å². The Morgan fingerprint density at radius 3 is 2.43 bits per heavy atom. The number of nitrogens with zero attached hydrogens (tertiary/aromatic N) is 1. The lowest BCUT2D eigenvalue weighted by Gasteiger charge is -2.03. The van der Waals surface area contributed by atoms with E-state index < -0.39 is 11.7 Å². The number of hydrogen-bond acceptors (Lipinski definition) is 4. The summed E-state index contributed by atoms with van der Waals surface area (Å²) in [5.41, 5.74) is 0.923. The molecule has 0 aliphatic rings. The van der Waals surface area contributed by atoms with E-state index >= 15 is 0 Å². The summed E-state index contributed by atoms with van der Waals surface area (Å²) in [6.07, 6.45) is 0. The highest BCUT2D eigenvalue weighted by Crippen LogP contribution is 2.30. The van der Waals surface area contributed by atoms with Gasteiger partial charge >= 0.3 is 0 Å². The number of aromatic amines is 1. The highest BCUT2D eigenvalue weighted by atomic mass is 35.5. The Labute approximate surface area is 167 Å². The molecule has 9 heteroatoms. The fourth-order valence-corrected chi connectivity index (χ4v) is 3.55. The van der Waals surface area contributed by atoms with Crippen LogP contribution in [0.15, 0.2) is 54.6 Å². The maximum atomic E-state index is 13.0.